The molecular formula is C15H15ClFNO. The number of benzene rings is 2. The van der Waals surface area contributed by atoms with Crippen LogP contribution >= 0.6 is 11.6 Å². The first-order valence-corrected chi connectivity index (χ1v) is 6.47. The highest BCUT2D eigenvalue weighted by atomic mass is 35.5. The zero-order valence-electron chi connectivity index (χ0n) is 10.6. The molecule has 1 N–H and O–H groups in total. The van der Waals surface area contributed by atoms with Gasteiger partial charge in [-0.15, -0.1) is 11.6 Å². The third kappa shape index (κ3) is 3.61. The van der Waals surface area contributed by atoms with Crippen LogP contribution in [-0.2, 0) is 12.4 Å². The average molecular weight is 280 g/mol. The Morgan fingerprint density at radius 1 is 1.16 bits per heavy atom. The molecule has 0 aliphatic carbocycles. The Hall–Kier alpha value is -1.74. The standard InChI is InChI=1S/C15H15ClFNO/c1-19-15-6-5-12(8-14(15)17)10-18-13-4-2-3-11(7-13)9-16/h2-8,18H,9-10H2,1H3. The molecule has 0 saturated carbocycles. The molecule has 0 bridgehead atoms. The number of hydrogen-bond acceptors (Lipinski definition) is 2. The lowest BCUT2D eigenvalue weighted by atomic mass is 10.2. The van der Waals surface area contributed by atoms with Gasteiger partial charge in [-0.25, -0.2) is 4.39 Å². The predicted molar refractivity (Wildman–Crippen MR) is 76.3 cm³/mol. The minimum Gasteiger partial charge on any atom is -0.494 e. The normalized spacial score (nSPS) is 10.3. The molecule has 19 heavy (non-hydrogen) atoms. The van der Waals surface area contributed by atoms with Crippen LogP contribution in [0.1, 0.15) is 11.1 Å². The molecule has 0 heterocycles. The molecule has 0 spiro atoms. The van der Waals surface area contributed by atoms with Crippen LogP contribution in [-0.4, -0.2) is 7.11 Å². The lowest BCUT2D eigenvalue weighted by Gasteiger charge is -2.09. The van der Waals surface area contributed by atoms with E-state index in [0.29, 0.717) is 12.4 Å². The van der Waals surface area contributed by atoms with Gasteiger partial charge in [-0.3, -0.25) is 0 Å². The second kappa shape index (κ2) is 6.43. The Balaban J connectivity index is 2.03. The maximum atomic E-state index is 13.5. The van der Waals surface area contributed by atoms with Gasteiger partial charge in [-0.1, -0.05) is 18.2 Å². The van der Waals surface area contributed by atoms with Crippen molar-refractivity contribution in [3.63, 3.8) is 0 Å². The number of alkyl halides is 1. The smallest absolute Gasteiger partial charge is 0.165 e. The van der Waals surface area contributed by atoms with Crippen LogP contribution in [0.25, 0.3) is 0 Å². The van der Waals surface area contributed by atoms with Gasteiger partial charge < -0.3 is 10.1 Å². The number of nitrogens with one attached hydrogen (secondary N) is 1. The van der Waals surface area contributed by atoms with E-state index >= 15 is 0 Å². The van der Waals surface area contributed by atoms with Crippen molar-refractivity contribution < 1.29 is 9.13 Å². The van der Waals surface area contributed by atoms with Crippen molar-refractivity contribution in [2.24, 2.45) is 0 Å². The Kier molecular flexibility index (Phi) is 4.63. The van der Waals surface area contributed by atoms with E-state index in [2.05, 4.69) is 5.32 Å². The van der Waals surface area contributed by atoms with Crippen LogP contribution in [0.2, 0.25) is 0 Å². The minimum atomic E-state index is -0.351. The molecule has 0 aliphatic rings. The first kappa shape index (κ1) is 13.7. The van der Waals surface area contributed by atoms with Gasteiger partial charge >= 0.3 is 0 Å². The quantitative estimate of drug-likeness (QED) is 0.829. The second-order valence-electron chi connectivity index (χ2n) is 4.16. The monoisotopic (exact) mass is 279 g/mol. The third-order valence-corrected chi connectivity index (χ3v) is 3.10. The van der Waals surface area contributed by atoms with E-state index in [-0.39, 0.29) is 11.6 Å². The summed E-state index contributed by atoms with van der Waals surface area (Å²) in [4.78, 5) is 0. The van der Waals surface area contributed by atoms with E-state index in [9.17, 15) is 4.39 Å². The van der Waals surface area contributed by atoms with Crippen LogP contribution in [0.3, 0.4) is 0 Å². The Morgan fingerprint density at radius 3 is 2.68 bits per heavy atom. The lowest BCUT2D eigenvalue weighted by Crippen LogP contribution is -2.00. The van der Waals surface area contributed by atoms with Crippen LogP contribution in [0, 0.1) is 5.82 Å². The van der Waals surface area contributed by atoms with Gasteiger partial charge in [0.1, 0.15) is 0 Å². The van der Waals surface area contributed by atoms with Gasteiger partial charge in [0.2, 0.25) is 0 Å². The number of rotatable bonds is 5. The summed E-state index contributed by atoms with van der Waals surface area (Å²) in [7, 11) is 1.45. The van der Waals surface area contributed by atoms with Crippen LogP contribution in [0.4, 0.5) is 10.1 Å². The van der Waals surface area contributed by atoms with Crippen molar-refractivity contribution in [3.8, 4) is 5.75 Å². The van der Waals surface area contributed by atoms with Crippen molar-refractivity contribution in [3.05, 3.63) is 59.4 Å². The number of hydrogen-bond donors (Lipinski definition) is 1. The van der Waals surface area contributed by atoms with Gasteiger partial charge in [0.05, 0.1) is 7.11 Å². The fourth-order valence-corrected chi connectivity index (χ4v) is 1.95. The molecule has 2 nitrogen and oxygen atoms in total. The molecule has 100 valence electrons. The molecule has 0 saturated heterocycles. The van der Waals surface area contributed by atoms with Gasteiger partial charge in [0.15, 0.2) is 11.6 Å². The number of halogens is 2. The summed E-state index contributed by atoms with van der Waals surface area (Å²) in [5, 5.41) is 3.23. The average Bonchev–Trinajstić information content (AvgIpc) is 2.45. The third-order valence-electron chi connectivity index (χ3n) is 2.79. The maximum Gasteiger partial charge on any atom is 0.165 e. The Morgan fingerprint density at radius 2 is 2.00 bits per heavy atom. The van der Waals surface area contributed by atoms with Crippen molar-refractivity contribution in [1.29, 1.82) is 0 Å². The molecule has 0 aromatic heterocycles. The zero-order chi connectivity index (χ0) is 13.7. The Bertz CT molecular complexity index is 560. The molecule has 2 aromatic rings. The van der Waals surface area contributed by atoms with Crippen LogP contribution in [0.15, 0.2) is 42.5 Å². The fourth-order valence-electron chi connectivity index (χ4n) is 1.79. The largest absolute Gasteiger partial charge is 0.494 e. The summed E-state index contributed by atoms with van der Waals surface area (Å²) in [6.07, 6.45) is 0. The second-order valence-corrected chi connectivity index (χ2v) is 4.42. The summed E-state index contributed by atoms with van der Waals surface area (Å²) >= 11 is 5.78. The van der Waals surface area contributed by atoms with E-state index in [1.165, 1.54) is 13.2 Å². The molecule has 2 aromatic carbocycles. The van der Waals surface area contributed by atoms with Crippen molar-refractivity contribution >= 4 is 17.3 Å². The molecule has 0 aliphatic heterocycles. The summed E-state index contributed by atoms with van der Waals surface area (Å²) in [6, 6.07) is 12.8. The van der Waals surface area contributed by atoms with Crippen molar-refractivity contribution in [1.82, 2.24) is 0 Å². The molecule has 4 heteroatoms. The highest BCUT2D eigenvalue weighted by Gasteiger charge is 2.03. The van der Waals surface area contributed by atoms with Gasteiger partial charge in [-0.05, 0) is 35.4 Å². The van der Waals surface area contributed by atoms with Crippen LogP contribution < -0.4 is 10.1 Å². The van der Waals surface area contributed by atoms with Crippen molar-refractivity contribution in [2.45, 2.75) is 12.4 Å². The molecule has 0 amide bonds. The molecule has 0 fully saturated rings. The summed E-state index contributed by atoms with van der Waals surface area (Å²) in [6.45, 7) is 0.548. The van der Waals surface area contributed by atoms with E-state index < -0.39 is 0 Å². The first-order valence-electron chi connectivity index (χ1n) is 5.94. The zero-order valence-corrected chi connectivity index (χ0v) is 11.4. The summed E-state index contributed by atoms with van der Waals surface area (Å²) < 4.78 is 18.4. The van der Waals surface area contributed by atoms with E-state index in [4.69, 9.17) is 16.3 Å². The molecule has 0 unspecified atom stereocenters. The molecule has 0 atom stereocenters. The van der Waals surface area contributed by atoms with Gasteiger partial charge in [-0.2, -0.15) is 0 Å². The lowest BCUT2D eigenvalue weighted by molar-refractivity contribution is 0.386. The Labute approximate surface area is 117 Å². The van der Waals surface area contributed by atoms with E-state index in [0.717, 1.165) is 16.8 Å². The predicted octanol–water partition coefficient (Wildman–Crippen LogP) is 4.19. The number of ether oxygens (including phenoxy) is 1. The van der Waals surface area contributed by atoms with Crippen LogP contribution in [0.5, 0.6) is 5.75 Å². The van der Waals surface area contributed by atoms with Crippen molar-refractivity contribution in [2.75, 3.05) is 12.4 Å². The molecular weight excluding hydrogens is 265 g/mol. The van der Waals surface area contributed by atoms with E-state index in [1.54, 1.807) is 6.07 Å². The maximum absolute atomic E-state index is 13.5. The first-order chi connectivity index (χ1) is 9.22. The summed E-state index contributed by atoms with van der Waals surface area (Å²) in [5.41, 5.74) is 2.87. The topological polar surface area (TPSA) is 21.3 Å². The number of methoxy groups -OCH3 is 1. The highest BCUT2D eigenvalue weighted by molar-refractivity contribution is 6.17. The van der Waals surface area contributed by atoms with E-state index in [1.807, 2.05) is 30.3 Å². The molecule has 0 radical (unpaired) electrons. The molecule has 2 rings (SSSR count). The minimum absolute atomic E-state index is 0.257. The van der Waals surface area contributed by atoms with Gasteiger partial charge in [0, 0.05) is 18.1 Å². The summed E-state index contributed by atoms with van der Waals surface area (Å²) in [5.74, 6) is 0.386. The fraction of sp³-hybridized carbons (Fsp3) is 0.200. The number of anilines is 1. The highest BCUT2D eigenvalue weighted by Crippen LogP contribution is 2.19. The van der Waals surface area contributed by atoms with Gasteiger partial charge in [0.25, 0.3) is 0 Å². The SMILES string of the molecule is COc1ccc(CNc2cccc(CCl)c2)cc1F.